The van der Waals surface area contributed by atoms with E-state index in [4.69, 9.17) is 4.74 Å². The molecule has 140 valence electrons. The molecule has 6 nitrogen and oxygen atoms in total. The van der Waals surface area contributed by atoms with Gasteiger partial charge < -0.3 is 10.1 Å². The van der Waals surface area contributed by atoms with E-state index in [-0.39, 0.29) is 6.10 Å². The van der Waals surface area contributed by atoms with E-state index in [1.165, 1.54) is 4.88 Å². The number of ether oxygens (including phenoxy) is 1. The maximum absolute atomic E-state index is 10.9. The summed E-state index contributed by atoms with van der Waals surface area (Å²) < 4.78 is 6.16. The first-order valence-electron chi connectivity index (χ1n) is 9.04. The number of carbonyl (C=O) groups is 1. The van der Waals surface area contributed by atoms with Gasteiger partial charge in [-0.1, -0.05) is 0 Å². The quantitative estimate of drug-likeness (QED) is 0.657. The van der Waals surface area contributed by atoms with Crippen LogP contribution in [0.3, 0.4) is 0 Å². The summed E-state index contributed by atoms with van der Waals surface area (Å²) in [5, 5.41) is 4.97. The van der Waals surface area contributed by atoms with Gasteiger partial charge in [-0.05, 0) is 31.2 Å². The SMILES string of the molecule is CNc1ncc(CN2CC(Oc3ccc4cc(C=O)ccc4n3)CC2C)s1. The fourth-order valence-corrected chi connectivity index (χ4v) is 4.27. The van der Waals surface area contributed by atoms with Crippen LogP contribution in [-0.2, 0) is 6.54 Å². The first kappa shape index (κ1) is 17.9. The maximum Gasteiger partial charge on any atom is 0.214 e. The van der Waals surface area contributed by atoms with Gasteiger partial charge in [-0.15, -0.1) is 11.3 Å². The van der Waals surface area contributed by atoms with Crippen LogP contribution in [0, 0.1) is 0 Å². The van der Waals surface area contributed by atoms with Gasteiger partial charge in [0.25, 0.3) is 0 Å². The molecule has 27 heavy (non-hydrogen) atoms. The minimum absolute atomic E-state index is 0.121. The largest absolute Gasteiger partial charge is 0.473 e. The molecule has 1 N–H and O–H groups in total. The molecular weight excluding hydrogens is 360 g/mol. The summed E-state index contributed by atoms with van der Waals surface area (Å²) in [6.45, 7) is 4.00. The van der Waals surface area contributed by atoms with Crippen molar-refractivity contribution in [1.82, 2.24) is 14.9 Å². The maximum atomic E-state index is 10.9. The molecule has 0 aliphatic carbocycles. The Kier molecular flexibility index (Phi) is 5.05. The van der Waals surface area contributed by atoms with E-state index in [9.17, 15) is 4.79 Å². The summed E-state index contributed by atoms with van der Waals surface area (Å²) in [7, 11) is 1.89. The molecule has 1 saturated heterocycles. The molecular formula is C20H22N4O2S. The Balaban J connectivity index is 1.42. The zero-order chi connectivity index (χ0) is 18.8. The molecule has 0 radical (unpaired) electrons. The van der Waals surface area contributed by atoms with Gasteiger partial charge in [0.2, 0.25) is 5.88 Å². The number of thiazole rings is 1. The normalized spacial score (nSPS) is 20.1. The number of hydrogen-bond acceptors (Lipinski definition) is 7. The molecule has 1 fully saturated rings. The van der Waals surface area contributed by atoms with E-state index in [0.29, 0.717) is 17.5 Å². The van der Waals surface area contributed by atoms with E-state index >= 15 is 0 Å². The number of carbonyl (C=O) groups excluding carboxylic acids is 1. The fourth-order valence-electron chi connectivity index (χ4n) is 3.48. The molecule has 1 aromatic carbocycles. The van der Waals surface area contributed by atoms with E-state index < -0.39 is 0 Å². The van der Waals surface area contributed by atoms with Crippen molar-refractivity contribution in [2.24, 2.45) is 0 Å². The van der Waals surface area contributed by atoms with Gasteiger partial charge in [-0.25, -0.2) is 9.97 Å². The number of rotatable bonds is 6. The molecule has 1 aliphatic rings. The summed E-state index contributed by atoms with van der Waals surface area (Å²) >= 11 is 1.69. The van der Waals surface area contributed by atoms with E-state index in [0.717, 1.165) is 41.8 Å². The number of aromatic nitrogens is 2. The second-order valence-corrected chi connectivity index (χ2v) is 7.97. The highest BCUT2D eigenvalue weighted by atomic mass is 32.1. The second kappa shape index (κ2) is 7.62. The third-order valence-corrected chi connectivity index (χ3v) is 5.90. The Morgan fingerprint density at radius 1 is 1.37 bits per heavy atom. The molecule has 2 atom stereocenters. The van der Waals surface area contributed by atoms with Crippen molar-refractivity contribution in [3.63, 3.8) is 0 Å². The molecule has 2 aromatic heterocycles. The van der Waals surface area contributed by atoms with E-state index in [1.54, 1.807) is 17.4 Å². The van der Waals surface area contributed by atoms with Crippen molar-refractivity contribution in [3.05, 3.63) is 47.0 Å². The lowest BCUT2D eigenvalue weighted by Crippen LogP contribution is -2.27. The summed E-state index contributed by atoms with van der Waals surface area (Å²) in [5.41, 5.74) is 1.49. The minimum Gasteiger partial charge on any atom is -0.473 e. The van der Waals surface area contributed by atoms with Crippen molar-refractivity contribution < 1.29 is 9.53 Å². The van der Waals surface area contributed by atoms with Gasteiger partial charge in [0.15, 0.2) is 5.13 Å². The van der Waals surface area contributed by atoms with Crippen molar-refractivity contribution in [2.45, 2.75) is 32.0 Å². The number of likely N-dealkylation sites (tertiary alicyclic amines) is 1. The van der Waals surface area contributed by atoms with Crippen LogP contribution in [0.25, 0.3) is 10.9 Å². The van der Waals surface area contributed by atoms with Crippen molar-refractivity contribution in [2.75, 3.05) is 18.9 Å². The number of benzene rings is 1. The molecule has 4 rings (SSSR count). The summed E-state index contributed by atoms with van der Waals surface area (Å²) in [5.74, 6) is 0.635. The average Bonchev–Trinajstić information content (AvgIpc) is 3.28. The zero-order valence-corrected chi connectivity index (χ0v) is 16.2. The second-order valence-electron chi connectivity index (χ2n) is 6.86. The molecule has 7 heteroatoms. The Morgan fingerprint density at radius 2 is 2.26 bits per heavy atom. The first-order valence-corrected chi connectivity index (χ1v) is 9.85. The number of hydrogen-bond donors (Lipinski definition) is 1. The van der Waals surface area contributed by atoms with Crippen LogP contribution >= 0.6 is 11.3 Å². The van der Waals surface area contributed by atoms with Gasteiger partial charge in [-0.2, -0.15) is 0 Å². The minimum atomic E-state index is 0.121. The van der Waals surface area contributed by atoms with Crippen molar-refractivity contribution in [1.29, 1.82) is 0 Å². The van der Waals surface area contributed by atoms with Crippen LogP contribution in [0.2, 0.25) is 0 Å². The Labute approximate surface area is 162 Å². The summed E-state index contributed by atoms with van der Waals surface area (Å²) in [4.78, 5) is 23.5. The highest BCUT2D eigenvalue weighted by Crippen LogP contribution is 2.27. The molecule has 3 heterocycles. The molecule has 0 bridgehead atoms. The Morgan fingerprint density at radius 3 is 3.04 bits per heavy atom. The third-order valence-electron chi connectivity index (χ3n) is 4.90. The Hall–Kier alpha value is -2.51. The fraction of sp³-hybridized carbons (Fsp3) is 0.350. The van der Waals surface area contributed by atoms with Crippen molar-refractivity contribution in [3.8, 4) is 5.88 Å². The number of nitrogens with one attached hydrogen (secondary N) is 1. The number of anilines is 1. The molecule has 0 saturated carbocycles. The number of aldehydes is 1. The lowest BCUT2D eigenvalue weighted by atomic mass is 10.1. The first-order chi connectivity index (χ1) is 13.1. The van der Waals surface area contributed by atoms with Gasteiger partial charge >= 0.3 is 0 Å². The van der Waals surface area contributed by atoms with E-state index in [2.05, 4.69) is 27.1 Å². The lowest BCUT2D eigenvalue weighted by Gasteiger charge is -2.19. The highest BCUT2D eigenvalue weighted by molar-refractivity contribution is 7.15. The summed E-state index contributed by atoms with van der Waals surface area (Å²) in [6.07, 6.45) is 3.88. The lowest BCUT2D eigenvalue weighted by molar-refractivity contribution is 0.112. The van der Waals surface area contributed by atoms with Gasteiger partial charge in [0.1, 0.15) is 12.4 Å². The monoisotopic (exact) mass is 382 g/mol. The molecule has 0 spiro atoms. The van der Waals surface area contributed by atoms with Crippen LogP contribution in [0.1, 0.15) is 28.6 Å². The molecule has 1 aliphatic heterocycles. The van der Waals surface area contributed by atoms with Crippen LogP contribution in [-0.4, -0.2) is 46.9 Å². The van der Waals surface area contributed by atoms with Gasteiger partial charge in [-0.3, -0.25) is 9.69 Å². The van der Waals surface area contributed by atoms with Crippen LogP contribution in [0.15, 0.2) is 36.5 Å². The van der Waals surface area contributed by atoms with Crippen molar-refractivity contribution >= 4 is 33.7 Å². The smallest absolute Gasteiger partial charge is 0.214 e. The van der Waals surface area contributed by atoms with Crippen LogP contribution in [0.4, 0.5) is 5.13 Å². The van der Waals surface area contributed by atoms with Gasteiger partial charge in [0, 0.05) is 60.7 Å². The van der Waals surface area contributed by atoms with Gasteiger partial charge in [0.05, 0.1) is 5.52 Å². The predicted molar refractivity (Wildman–Crippen MR) is 108 cm³/mol. The average molecular weight is 382 g/mol. The topological polar surface area (TPSA) is 67.3 Å². The Bertz CT molecular complexity index is 958. The molecule has 2 unspecified atom stereocenters. The highest BCUT2D eigenvalue weighted by Gasteiger charge is 2.31. The predicted octanol–water partition coefficient (Wildman–Crippen LogP) is 3.59. The third kappa shape index (κ3) is 3.94. The van der Waals surface area contributed by atoms with Crippen LogP contribution in [0.5, 0.6) is 5.88 Å². The summed E-state index contributed by atoms with van der Waals surface area (Å²) in [6, 6.07) is 9.76. The van der Waals surface area contributed by atoms with E-state index in [1.807, 2.05) is 37.5 Å². The molecule has 0 amide bonds. The number of nitrogens with zero attached hydrogens (tertiary/aromatic N) is 3. The van der Waals surface area contributed by atoms with Crippen LogP contribution < -0.4 is 10.1 Å². The standard InChI is InChI=1S/C20H22N4O2S/c1-13-7-16(10-24(13)11-17-9-22-20(21-2)27-17)26-19-6-4-15-8-14(12-25)3-5-18(15)23-19/h3-6,8-9,12-13,16H,7,10-11H2,1-2H3,(H,21,22). The number of pyridine rings is 1. The molecule has 3 aromatic rings. The number of fused-ring (bicyclic) bond motifs is 1. The zero-order valence-electron chi connectivity index (χ0n) is 15.4.